The highest BCUT2D eigenvalue weighted by molar-refractivity contribution is 9.11. The number of anilines is 1. The number of thiophene rings is 1. The first kappa shape index (κ1) is 13.9. The fourth-order valence-electron chi connectivity index (χ4n) is 2.96. The van der Waals surface area contributed by atoms with Crippen LogP contribution in [0.5, 0.6) is 0 Å². The summed E-state index contributed by atoms with van der Waals surface area (Å²) in [6.45, 7) is 2.14. The van der Waals surface area contributed by atoms with E-state index in [4.69, 9.17) is 0 Å². The molecule has 2 aromatic heterocycles. The van der Waals surface area contributed by atoms with Gasteiger partial charge in [-0.3, -0.25) is 0 Å². The van der Waals surface area contributed by atoms with Crippen LogP contribution in [0.3, 0.4) is 0 Å². The Labute approximate surface area is 140 Å². The number of nitrogens with one attached hydrogen (secondary N) is 1. The minimum absolute atomic E-state index is 0.151. The molecule has 3 heterocycles. The van der Waals surface area contributed by atoms with Crippen LogP contribution in [0.25, 0.3) is 0 Å². The first-order chi connectivity index (χ1) is 10.7. The molecule has 1 N–H and O–H groups in total. The van der Waals surface area contributed by atoms with Gasteiger partial charge in [-0.05, 0) is 63.0 Å². The molecule has 1 aromatic carbocycles. The smallest absolute Gasteiger partial charge is 0.244 e. The Morgan fingerprint density at radius 3 is 2.91 bits per heavy atom. The van der Waals surface area contributed by atoms with Crippen molar-refractivity contribution in [3.63, 3.8) is 0 Å². The van der Waals surface area contributed by atoms with Gasteiger partial charge >= 0.3 is 0 Å². The lowest BCUT2D eigenvalue weighted by atomic mass is 9.94. The number of hydrogen-bond donors (Lipinski definition) is 1. The molecule has 5 nitrogen and oxygen atoms in total. The molecule has 22 heavy (non-hydrogen) atoms. The molecule has 1 aliphatic heterocycles. The maximum Gasteiger partial charge on any atom is 0.244 e. The first-order valence-corrected chi connectivity index (χ1v) is 8.68. The molecule has 0 unspecified atom stereocenters. The minimum Gasteiger partial charge on any atom is -0.345 e. The number of rotatable bonds is 2. The first-order valence-electron chi connectivity index (χ1n) is 7.07. The zero-order valence-electron chi connectivity index (χ0n) is 11.9. The molecule has 0 aliphatic carbocycles. The second-order valence-corrected chi connectivity index (χ2v) is 7.89. The second kappa shape index (κ2) is 5.48. The summed E-state index contributed by atoms with van der Waals surface area (Å²) in [7, 11) is 0. The van der Waals surface area contributed by atoms with Gasteiger partial charge in [-0.25, -0.2) is 4.68 Å². The Hall–Kier alpha value is -1.73. The fraction of sp³-hybridized carbons (Fsp3) is 0.267. The predicted octanol–water partition coefficient (Wildman–Crippen LogP) is 3.95. The number of hydrogen-bond acceptors (Lipinski definition) is 5. The summed E-state index contributed by atoms with van der Waals surface area (Å²) in [5, 5.41) is 15.6. The molecule has 7 heteroatoms. The van der Waals surface area contributed by atoms with Gasteiger partial charge in [0, 0.05) is 4.88 Å². The van der Waals surface area contributed by atoms with Crippen molar-refractivity contribution in [2.45, 2.75) is 25.4 Å². The molecular weight excluding hydrogens is 362 g/mol. The second-order valence-electron chi connectivity index (χ2n) is 5.39. The largest absolute Gasteiger partial charge is 0.345 e. The molecule has 0 amide bonds. The zero-order valence-corrected chi connectivity index (χ0v) is 14.3. The highest BCUT2D eigenvalue weighted by Gasteiger charge is 2.31. The van der Waals surface area contributed by atoms with Crippen molar-refractivity contribution >= 4 is 33.2 Å². The van der Waals surface area contributed by atoms with Crippen LogP contribution in [0, 0.1) is 6.92 Å². The van der Waals surface area contributed by atoms with Gasteiger partial charge in [0.05, 0.1) is 15.9 Å². The van der Waals surface area contributed by atoms with Gasteiger partial charge in [0.15, 0.2) is 0 Å². The van der Waals surface area contributed by atoms with Crippen molar-refractivity contribution in [1.29, 1.82) is 0 Å². The lowest BCUT2D eigenvalue weighted by molar-refractivity contribution is 0.425. The van der Waals surface area contributed by atoms with Crippen LogP contribution in [-0.2, 0) is 0 Å². The van der Waals surface area contributed by atoms with Crippen molar-refractivity contribution in [2.75, 3.05) is 5.32 Å². The quantitative estimate of drug-likeness (QED) is 0.736. The Kier molecular flexibility index (Phi) is 3.46. The molecule has 0 saturated carbocycles. The number of benzene rings is 1. The molecule has 0 saturated heterocycles. The number of tetrazole rings is 1. The summed E-state index contributed by atoms with van der Waals surface area (Å²) in [5.74, 6) is 0.731. The Bertz CT molecular complexity index is 812. The number of nitrogens with zero attached hydrogens (tertiary/aromatic N) is 4. The van der Waals surface area contributed by atoms with Gasteiger partial charge < -0.3 is 5.32 Å². The molecule has 4 rings (SSSR count). The van der Waals surface area contributed by atoms with Crippen LogP contribution in [0.4, 0.5) is 5.95 Å². The van der Waals surface area contributed by atoms with Crippen LogP contribution in [-0.4, -0.2) is 20.2 Å². The third-order valence-corrected chi connectivity index (χ3v) is 5.77. The normalized spacial score (nSPS) is 20.5. The maximum absolute atomic E-state index is 4.18. The van der Waals surface area contributed by atoms with Gasteiger partial charge in [-0.2, -0.15) is 0 Å². The SMILES string of the molecule is Cc1ccccc1[C@H]1C[C@@H](c2ccc(Br)s2)Nc2nnnn21. The molecule has 0 fully saturated rings. The fourth-order valence-corrected chi connectivity index (χ4v) is 4.45. The van der Waals surface area contributed by atoms with E-state index in [1.54, 1.807) is 11.3 Å². The summed E-state index contributed by atoms with van der Waals surface area (Å²) in [6.07, 6.45) is 0.926. The van der Waals surface area contributed by atoms with Crippen LogP contribution < -0.4 is 5.32 Å². The van der Waals surface area contributed by atoms with Crippen LogP contribution >= 0.6 is 27.3 Å². The lowest BCUT2D eigenvalue weighted by Gasteiger charge is -2.31. The van der Waals surface area contributed by atoms with E-state index in [0.29, 0.717) is 0 Å². The number of aromatic nitrogens is 4. The molecular formula is C15H14BrN5S. The minimum atomic E-state index is 0.151. The lowest BCUT2D eigenvalue weighted by Crippen LogP contribution is -2.28. The van der Waals surface area contributed by atoms with Gasteiger partial charge in [-0.15, -0.1) is 11.3 Å². The predicted molar refractivity (Wildman–Crippen MR) is 90.1 cm³/mol. The van der Waals surface area contributed by atoms with E-state index in [0.717, 1.165) is 16.2 Å². The summed E-state index contributed by atoms with van der Waals surface area (Å²) in [6, 6.07) is 13.1. The van der Waals surface area contributed by atoms with E-state index >= 15 is 0 Å². The van der Waals surface area contributed by atoms with E-state index in [9.17, 15) is 0 Å². The van der Waals surface area contributed by atoms with Crippen molar-refractivity contribution in [3.05, 3.63) is 56.2 Å². The van der Waals surface area contributed by atoms with E-state index < -0.39 is 0 Å². The van der Waals surface area contributed by atoms with Crippen molar-refractivity contribution in [2.24, 2.45) is 0 Å². The highest BCUT2D eigenvalue weighted by atomic mass is 79.9. The Balaban J connectivity index is 1.77. The van der Waals surface area contributed by atoms with E-state index in [-0.39, 0.29) is 12.1 Å². The van der Waals surface area contributed by atoms with Gasteiger partial charge in [0.2, 0.25) is 5.95 Å². The maximum atomic E-state index is 4.18. The van der Waals surface area contributed by atoms with Gasteiger partial charge in [0.25, 0.3) is 0 Å². The van der Waals surface area contributed by atoms with Crippen LogP contribution in [0.15, 0.2) is 40.2 Å². The third kappa shape index (κ3) is 2.34. The number of halogens is 1. The van der Waals surface area contributed by atoms with E-state index in [1.807, 2.05) is 4.68 Å². The molecule has 0 spiro atoms. The zero-order chi connectivity index (χ0) is 15.1. The van der Waals surface area contributed by atoms with Gasteiger partial charge in [0.1, 0.15) is 0 Å². The Morgan fingerprint density at radius 1 is 1.27 bits per heavy atom. The summed E-state index contributed by atoms with van der Waals surface area (Å²) >= 11 is 5.29. The molecule has 0 radical (unpaired) electrons. The summed E-state index contributed by atoms with van der Waals surface area (Å²) in [4.78, 5) is 1.29. The average molecular weight is 376 g/mol. The molecule has 3 aromatic rings. The molecule has 0 bridgehead atoms. The van der Waals surface area contributed by atoms with E-state index in [1.165, 1.54) is 16.0 Å². The molecule has 2 atom stereocenters. The number of aryl methyl sites for hydroxylation is 1. The van der Waals surface area contributed by atoms with Crippen LogP contribution in [0.1, 0.15) is 34.5 Å². The van der Waals surface area contributed by atoms with Crippen molar-refractivity contribution in [1.82, 2.24) is 20.2 Å². The van der Waals surface area contributed by atoms with E-state index in [2.05, 4.69) is 80.1 Å². The number of fused-ring (bicyclic) bond motifs is 1. The monoisotopic (exact) mass is 375 g/mol. The van der Waals surface area contributed by atoms with Crippen LogP contribution in [0.2, 0.25) is 0 Å². The standard InChI is InChI=1S/C15H14BrN5S/c1-9-4-2-3-5-10(9)12-8-11(13-6-7-14(16)22-13)17-15-18-19-20-21(12)15/h2-7,11-12H,8H2,1H3,(H,17,18,20)/t11-,12+/m0/s1. The summed E-state index contributed by atoms with van der Waals surface area (Å²) in [5.41, 5.74) is 2.54. The molecule has 112 valence electrons. The molecule has 1 aliphatic rings. The highest BCUT2D eigenvalue weighted by Crippen LogP contribution is 2.40. The third-order valence-electron chi connectivity index (χ3n) is 4.04. The Morgan fingerprint density at radius 2 is 2.14 bits per heavy atom. The van der Waals surface area contributed by atoms with Crippen molar-refractivity contribution < 1.29 is 0 Å². The average Bonchev–Trinajstić information content (AvgIpc) is 3.15. The van der Waals surface area contributed by atoms with Gasteiger partial charge in [-0.1, -0.05) is 29.4 Å². The topological polar surface area (TPSA) is 55.6 Å². The van der Waals surface area contributed by atoms with Crippen molar-refractivity contribution in [3.8, 4) is 0 Å². The summed E-state index contributed by atoms with van der Waals surface area (Å²) < 4.78 is 3.03.